The van der Waals surface area contributed by atoms with Crippen molar-refractivity contribution >= 4 is 99.3 Å². The molecule has 0 N–H and O–H groups in total. The van der Waals surface area contributed by atoms with Gasteiger partial charge in [-0.3, -0.25) is 4.57 Å². The topological polar surface area (TPSA) is 164 Å². The van der Waals surface area contributed by atoms with Gasteiger partial charge in [-0.25, -0.2) is 24.9 Å². The molecule has 0 unspecified atom stereocenters. The Labute approximate surface area is 783 Å². The van der Waals surface area contributed by atoms with Crippen molar-refractivity contribution in [3.05, 3.63) is 421 Å². The Kier molecular flexibility index (Phi) is 18.1. The zero-order valence-electron chi connectivity index (χ0n) is 75.4. The fraction of sp³-hybridized carbons (Fsp3) is 0.0902. The number of furan rings is 3. The van der Waals surface area contributed by atoms with E-state index in [1.54, 1.807) is 0 Å². The van der Waals surface area contributed by atoms with E-state index in [2.05, 4.69) is 312 Å². The first-order valence-electron chi connectivity index (χ1n) is 46.4. The van der Waals surface area contributed by atoms with Gasteiger partial charge in [0.15, 0.2) is 40.8 Å². The summed E-state index contributed by atoms with van der Waals surface area (Å²) in [7, 11) is 0. The summed E-state index contributed by atoms with van der Waals surface area (Å²) < 4.78 is 22.0. The summed E-state index contributed by atoms with van der Waals surface area (Å²) in [6.45, 7) is 14.7. The summed E-state index contributed by atoms with van der Waals surface area (Å²) in [5, 5.41) is 9.09. The highest BCUT2D eigenvalue weighted by molar-refractivity contribution is 6.18. The van der Waals surface area contributed by atoms with Crippen LogP contribution in [0.15, 0.2) is 395 Å². The van der Waals surface area contributed by atoms with E-state index in [0.717, 1.165) is 151 Å². The van der Waals surface area contributed by atoms with Crippen molar-refractivity contribution in [1.29, 1.82) is 0 Å². The second-order valence-corrected chi connectivity index (χ2v) is 37.2. The lowest BCUT2D eigenvalue weighted by atomic mass is 9.80. The van der Waals surface area contributed by atoms with Crippen LogP contribution in [-0.4, -0.2) is 56.0 Å². The quantitative estimate of drug-likeness (QED) is 0.127. The van der Waals surface area contributed by atoms with Crippen LogP contribution >= 0.6 is 0 Å². The first-order valence-corrected chi connectivity index (χ1v) is 46.4. The van der Waals surface area contributed by atoms with Crippen LogP contribution < -0.4 is 4.90 Å². The molecule has 4 aliphatic rings. The summed E-state index contributed by atoms with van der Waals surface area (Å²) in [6.07, 6.45) is 0.967. The Bertz CT molecular complexity index is 8990. The van der Waals surface area contributed by atoms with E-state index >= 15 is 0 Å². The number of aromatic nitrogens is 10. The molecule has 0 radical (unpaired) electrons. The third-order valence-corrected chi connectivity index (χ3v) is 28.4. The summed E-state index contributed by atoms with van der Waals surface area (Å²) in [5.74, 6) is 5.62. The highest BCUT2D eigenvalue weighted by Crippen LogP contribution is 2.60. The number of hydrogen-bond acceptors (Lipinski definition) is 13. The fourth-order valence-corrected chi connectivity index (χ4v) is 22.2. The van der Waals surface area contributed by atoms with Gasteiger partial charge >= 0.3 is 0 Å². The van der Waals surface area contributed by atoms with Crippen molar-refractivity contribution < 1.29 is 13.3 Å². The average Bonchev–Trinajstić information content (AvgIpc) is 1.55. The largest absolute Gasteiger partial charge is 0.456 e. The summed E-state index contributed by atoms with van der Waals surface area (Å²) >= 11 is 0. The minimum atomic E-state index is -0.237. The van der Waals surface area contributed by atoms with Gasteiger partial charge in [0, 0.05) is 99.4 Å². The van der Waals surface area contributed by atoms with Crippen LogP contribution in [0.5, 0.6) is 0 Å². The molecule has 8 heterocycles. The lowest BCUT2D eigenvalue weighted by Gasteiger charge is -2.22. The van der Waals surface area contributed by atoms with Crippen molar-refractivity contribution in [3.8, 4) is 130 Å². The summed E-state index contributed by atoms with van der Waals surface area (Å²) in [5.41, 5.74) is 32.7. The molecule has 14 heteroatoms. The van der Waals surface area contributed by atoms with Crippen LogP contribution in [0.25, 0.3) is 218 Å². The van der Waals surface area contributed by atoms with Crippen LogP contribution in [0.2, 0.25) is 0 Å². The molecule has 0 fully saturated rings. The highest BCUT2D eigenvalue weighted by Gasteiger charge is 2.44. The number of hydrogen-bond donors (Lipinski definition) is 0. The molecule has 17 aromatic carbocycles. The van der Waals surface area contributed by atoms with E-state index in [4.69, 9.17) is 58.1 Å². The van der Waals surface area contributed by atoms with E-state index < -0.39 is 0 Å². The SMILES string of the molecule is CC1(C)c2cccc(-c3nc(-c4ccccc4)nc(N4CCc5ccccc54)n3)c2-c2ccc3oc4ccccc4c3c21.CC1(C)c2ccccc2-c2cc(-c3nc(-c4ccccc4)nc(-c4ccccc4-c4ccccc4)n3)c3oc4ccccc4c3c21.CC1(C)c2ccccc2-c2cc(-c3nc(-c4ccccc4)nc(-n4c5ccccc5c5ccccc54)n3)c3oc4ccccc4c3c21. The number of para-hydroxylation sites is 6. The van der Waals surface area contributed by atoms with E-state index in [9.17, 15) is 0 Å². The number of benzene rings is 17. The van der Waals surface area contributed by atoms with Gasteiger partial charge in [-0.05, 0) is 144 Å². The molecule has 0 spiro atoms. The highest BCUT2D eigenvalue weighted by atomic mass is 16.3. The molecule has 646 valence electrons. The smallest absolute Gasteiger partial charge is 0.238 e. The van der Waals surface area contributed by atoms with E-state index in [1.165, 1.54) is 77.7 Å². The molecule has 14 nitrogen and oxygen atoms in total. The maximum Gasteiger partial charge on any atom is 0.238 e. The van der Waals surface area contributed by atoms with Gasteiger partial charge in [0.05, 0.1) is 22.2 Å². The lowest BCUT2D eigenvalue weighted by Crippen LogP contribution is -2.18. The maximum absolute atomic E-state index is 6.76. The second-order valence-electron chi connectivity index (χ2n) is 37.2. The summed E-state index contributed by atoms with van der Waals surface area (Å²) in [6, 6.07) is 132. The van der Waals surface area contributed by atoms with Gasteiger partial charge in [0.1, 0.15) is 33.5 Å². The fourth-order valence-electron chi connectivity index (χ4n) is 22.2. The molecular weight excluding hydrogens is 1670 g/mol. The number of rotatable bonds is 10. The summed E-state index contributed by atoms with van der Waals surface area (Å²) in [4.78, 5) is 48.7. The van der Waals surface area contributed by atoms with Gasteiger partial charge in [0.25, 0.3) is 0 Å². The first-order chi connectivity index (χ1) is 66.7. The Balaban J connectivity index is 0.000000106. The van der Waals surface area contributed by atoms with Gasteiger partial charge in [0.2, 0.25) is 11.9 Å². The average molecular weight is 1750 g/mol. The Morgan fingerprint density at radius 2 is 0.610 bits per heavy atom. The zero-order chi connectivity index (χ0) is 90.8. The first kappa shape index (κ1) is 79.7. The molecule has 0 atom stereocenters. The maximum atomic E-state index is 6.76. The minimum Gasteiger partial charge on any atom is -0.456 e. The molecule has 28 rings (SSSR count). The van der Waals surface area contributed by atoms with Crippen LogP contribution in [-0.2, 0) is 22.7 Å². The third kappa shape index (κ3) is 12.5. The predicted octanol–water partition coefficient (Wildman–Crippen LogP) is 30.4. The van der Waals surface area contributed by atoms with Crippen molar-refractivity contribution in [3.63, 3.8) is 0 Å². The molecule has 24 aromatic rings. The van der Waals surface area contributed by atoms with Crippen molar-refractivity contribution in [1.82, 2.24) is 49.4 Å². The Morgan fingerprint density at radius 3 is 1.16 bits per heavy atom. The number of anilines is 2. The standard InChI is InChI=1S/C42H28N4O.C42H29N3O.C38H28N4O/c1-42(2)32-20-10-6-16-26(32)30-24-31(38-36(37(30)42)29-19-9-13-23-35(29)47-38)40-43-39(25-14-4-3-5-15-25)44-41(45-40)46-33-21-11-7-17-27(33)28-18-8-12-22-34(28)46;1-42(2)34-23-13-11-20-29(34)32-25-33(38-36(37(32)42)31-22-12-14-24-35(31)46-38)41-44-39(27-17-7-4-8-18-27)43-40(45-41)30-21-10-9-19-28(30)26-15-5-3-6-16-26;1-38(2)28-16-10-15-27(32(28)26-19-20-31-33(34(26)38)25-14-7-9-18-30(25)43-31)36-39-35(24-12-4-3-5-13-24)40-37(41-36)42-22-21-23-11-6-8-17-29(23)42/h3-24H,1-2H3;3-25H,1-2H3;3-20H,21-22H2,1-2H3. The molecule has 0 bridgehead atoms. The molecule has 0 saturated carbocycles. The number of nitrogens with zero attached hydrogens (tertiary/aromatic N) is 11. The van der Waals surface area contributed by atoms with Crippen LogP contribution in [0, 0.1) is 0 Å². The van der Waals surface area contributed by atoms with E-state index in [-0.39, 0.29) is 16.2 Å². The van der Waals surface area contributed by atoms with Crippen molar-refractivity contribution in [2.45, 2.75) is 64.2 Å². The Morgan fingerprint density at radius 1 is 0.243 bits per heavy atom. The minimum absolute atomic E-state index is 0.205. The Hall–Kier alpha value is -17.2. The normalized spacial score (nSPS) is 13.8. The predicted molar refractivity (Wildman–Crippen MR) is 549 cm³/mol. The van der Waals surface area contributed by atoms with Gasteiger partial charge < -0.3 is 18.2 Å². The molecule has 136 heavy (non-hydrogen) atoms. The third-order valence-electron chi connectivity index (χ3n) is 28.4. The monoisotopic (exact) mass is 1750 g/mol. The van der Waals surface area contributed by atoms with Crippen molar-refractivity contribution in [2.75, 3.05) is 11.4 Å². The second kappa shape index (κ2) is 31.0. The molecule has 0 amide bonds. The molecule has 3 aliphatic carbocycles. The van der Waals surface area contributed by atoms with Crippen LogP contribution in [0.4, 0.5) is 11.6 Å². The van der Waals surface area contributed by atoms with Crippen LogP contribution in [0.3, 0.4) is 0 Å². The molecule has 1 aliphatic heterocycles. The van der Waals surface area contributed by atoms with E-state index in [0.29, 0.717) is 52.7 Å². The van der Waals surface area contributed by atoms with Crippen LogP contribution in [0.1, 0.15) is 80.5 Å². The molecule has 7 aromatic heterocycles. The van der Waals surface area contributed by atoms with Crippen molar-refractivity contribution in [2.24, 2.45) is 0 Å². The van der Waals surface area contributed by atoms with Gasteiger partial charge in [-0.2, -0.15) is 19.9 Å². The molecular formula is C122H85N11O3. The zero-order valence-corrected chi connectivity index (χ0v) is 75.4. The van der Waals surface area contributed by atoms with Gasteiger partial charge in [-0.15, -0.1) is 0 Å². The lowest BCUT2D eigenvalue weighted by molar-refractivity contribution is 0.657. The molecule has 0 saturated heterocycles. The van der Waals surface area contributed by atoms with Gasteiger partial charge in [-0.1, -0.05) is 369 Å². The van der Waals surface area contributed by atoms with E-state index in [1.807, 2.05) is 121 Å². The number of fused-ring (bicyclic) bond motifs is 25.